The number of benzene rings is 3. The van der Waals surface area contributed by atoms with Crippen molar-refractivity contribution < 1.29 is 4.57 Å². The molecule has 0 amide bonds. The third-order valence-corrected chi connectivity index (χ3v) is 7.54. The second-order valence-electron chi connectivity index (χ2n) is 7.56. The Bertz CT molecular complexity index is 973. The maximum atomic E-state index is 2.39. The molecule has 1 aromatic heterocycles. The first kappa shape index (κ1) is 21.7. The van der Waals surface area contributed by atoms with Gasteiger partial charge >= 0.3 is 0 Å². The number of pyridine rings is 1. The van der Waals surface area contributed by atoms with Gasteiger partial charge in [-0.25, -0.2) is 4.57 Å². The molecule has 0 unspecified atom stereocenters. The summed E-state index contributed by atoms with van der Waals surface area (Å²) in [5.74, 6) is 4.32. The molecule has 156 valence electrons. The molecule has 3 heteroatoms. The van der Waals surface area contributed by atoms with Crippen molar-refractivity contribution >= 4 is 23.5 Å². The topological polar surface area (TPSA) is 3.88 Å². The monoisotopic (exact) mass is 442 g/mol. The molecule has 0 spiro atoms. The van der Waals surface area contributed by atoms with Gasteiger partial charge in [-0.05, 0) is 22.3 Å². The number of rotatable bonds is 10. The zero-order chi connectivity index (χ0) is 21.1. The molecule has 4 rings (SSSR count). The van der Waals surface area contributed by atoms with Gasteiger partial charge in [-0.1, -0.05) is 91.0 Å². The fourth-order valence-electron chi connectivity index (χ4n) is 3.50. The van der Waals surface area contributed by atoms with Crippen molar-refractivity contribution in [2.45, 2.75) is 17.5 Å². The molecular formula is C28H28NS2+. The van der Waals surface area contributed by atoms with Crippen LogP contribution in [0.1, 0.15) is 17.2 Å². The molecule has 1 heterocycles. The van der Waals surface area contributed by atoms with Gasteiger partial charge in [0.15, 0.2) is 18.4 Å². The smallest absolute Gasteiger partial charge is 0.176 e. The predicted octanol–water partition coefficient (Wildman–Crippen LogP) is 7.05. The second kappa shape index (κ2) is 11.8. The minimum atomic E-state index is 0.465. The molecule has 31 heavy (non-hydrogen) atoms. The van der Waals surface area contributed by atoms with E-state index in [0.29, 0.717) is 6.04 Å². The Labute approximate surface area is 194 Å². The standard InChI is InChI=1S/C28H28NS2/c1-4-10-24(11-5-1)20-30-22-28(23-31-21-25-12-6-2-7-13-25)29-18-16-27(17-19-29)26-14-8-3-9-15-26/h1-19,28H,20-23H2/q+1. The average Bonchev–Trinajstić information content (AvgIpc) is 2.85. The highest BCUT2D eigenvalue weighted by Crippen LogP contribution is 2.22. The van der Waals surface area contributed by atoms with Crippen molar-refractivity contribution in [2.24, 2.45) is 0 Å². The Morgan fingerprint density at radius 3 is 1.42 bits per heavy atom. The Morgan fingerprint density at radius 1 is 0.516 bits per heavy atom. The lowest BCUT2D eigenvalue weighted by atomic mass is 10.1. The van der Waals surface area contributed by atoms with Crippen LogP contribution in [0.15, 0.2) is 116 Å². The molecule has 0 saturated carbocycles. The lowest BCUT2D eigenvalue weighted by Crippen LogP contribution is -2.41. The molecule has 0 aliphatic rings. The molecule has 0 saturated heterocycles. The summed E-state index contributed by atoms with van der Waals surface area (Å²) in [6.45, 7) is 0. The van der Waals surface area contributed by atoms with Crippen molar-refractivity contribution in [3.05, 3.63) is 127 Å². The largest absolute Gasteiger partial charge is 0.201 e. The molecule has 0 aliphatic carbocycles. The van der Waals surface area contributed by atoms with E-state index in [1.54, 1.807) is 0 Å². The normalized spacial score (nSPS) is 11.0. The van der Waals surface area contributed by atoms with Gasteiger partial charge < -0.3 is 0 Å². The van der Waals surface area contributed by atoms with Crippen LogP contribution in [0.4, 0.5) is 0 Å². The van der Waals surface area contributed by atoms with Crippen LogP contribution in [0, 0.1) is 0 Å². The van der Waals surface area contributed by atoms with Crippen molar-refractivity contribution in [3.63, 3.8) is 0 Å². The van der Waals surface area contributed by atoms with Crippen LogP contribution in [0.5, 0.6) is 0 Å². The number of thioether (sulfide) groups is 2. The van der Waals surface area contributed by atoms with E-state index < -0.39 is 0 Å². The van der Waals surface area contributed by atoms with Gasteiger partial charge in [0, 0.05) is 23.6 Å². The third kappa shape index (κ3) is 6.75. The maximum absolute atomic E-state index is 2.39. The Kier molecular flexibility index (Phi) is 8.26. The first-order valence-corrected chi connectivity index (χ1v) is 13.0. The van der Waals surface area contributed by atoms with E-state index in [9.17, 15) is 0 Å². The molecule has 0 atom stereocenters. The summed E-state index contributed by atoms with van der Waals surface area (Å²) in [4.78, 5) is 0. The second-order valence-corrected chi connectivity index (χ2v) is 9.62. The summed E-state index contributed by atoms with van der Waals surface area (Å²) in [6.07, 6.45) is 4.50. The number of hydrogen-bond donors (Lipinski definition) is 0. The summed E-state index contributed by atoms with van der Waals surface area (Å²) in [6, 6.07) is 37.1. The SMILES string of the molecule is c1ccc(CSCC(CSCc2ccccc2)[n+]2ccc(-c3ccccc3)cc2)cc1. The summed E-state index contributed by atoms with van der Waals surface area (Å²) in [5.41, 5.74) is 5.33. The first-order valence-electron chi connectivity index (χ1n) is 10.7. The molecule has 4 aromatic rings. The highest BCUT2D eigenvalue weighted by atomic mass is 32.2. The summed E-state index contributed by atoms with van der Waals surface area (Å²) < 4.78 is 2.39. The Morgan fingerprint density at radius 2 is 0.935 bits per heavy atom. The van der Waals surface area contributed by atoms with Crippen LogP contribution < -0.4 is 4.57 Å². The lowest BCUT2D eigenvalue weighted by molar-refractivity contribution is -0.713. The zero-order valence-corrected chi connectivity index (χ0v) is 19.3. The predicted molar refractivity (Wildman–Crippen MR) is 136 cm³/mol. The van der Waals surface area contributed by atoms with Gasteiger partial charge in [0.1, 0.15) is 0 Å². The first-order chi connectivity index (χ1) is 15.4. The Balaban J connectivity index is 1.41. The fourth-order valence-corrected chi connectivity index (χ4v) is 5.86. The van der Waals surface area contributed by atoms with Gasteiger partial charge in [-0.2, -0.15) is 23.5 Å². The van der Waals surface area contributed by atoms with Crippen LogP contribution in [0.25, 0.3) is 11.1 Å². The number of aromatic nitrogens is 1. The van der Waals surface area contributed by atoms with Crippen LogP contribution >= 0.6 is 23.5 Å². The van der Waals surface area contributed by atoms with E-state index >= 15 is 0 Å². The maximum Gasteiger partial charge on any atom is 0.176 e. The molecule has 3 aromatic carbocycles. The van der Waals surface area contributed by atoms with E-state index in [1.165, 1.54) is 22.3 Å². The van der Waals surface area contributed by atoms with Crippen molar-refractivity contribution in [2.75, 3.05) is 11.5 Å². The third-order valence-electron chi connectivity index (χ3n) is 5.22. The van der Waals surface area contributed by atoms with E-state index in [2.05, 4.69) is 120 Å². The van der Waals surface area contributed by atoms with Gasteiger partial charge in [-0.3, -0.25) is 0 Å². The summed E-state index contributed by atoms with van der Waals surface area (Å²) >= 11 is 4.04. The molecule has 1 nitrogen and oxygen atoms in total. The Hall–Kier alpha value is -2.49. The summed E-state index contributed by atoms with van der Waals surface area (Å²) in [7, 11) is 0. The number of hydrogen-bond acceptors (Lipinski definition) is 2. The van der Waals surface area contributed by atoms with Gasteiger partial charge in [0.25, 0.3) is 0 Å². The quantitative estimate of drug-likeness (QED) is 0.242. The minimum absolute atomic E-state index is 0.465. The van der Waals surface area contributed by atoms with Crippen LogP contribution in [-0.4, -0.2) is 11.5 Å². The average molecular weight is 443 g/mol. The van der Waals surface area contributed by atoms with E-state index in [0.717, 1.165) is 23.0 Å². The van der Waals surface area contributed by atoms with E-state index in [1.807, 2.05) is 23.5 Å². The molecule has 0 aliphatic heterocycles. The van der Waals surface area contributed by atoms with Crippen LogP contribution in [-0.2, 0) is 11.5 Å². The molecule has 0 N–H and O–H groups in total. The van der Waals surface area contributed by atoms with Gasteiger partial charge in [0.05, 0.1) is 11.5 Å². The highest BCUT2D eigenvalue weighted by Gasteiger charge is 2.19. The zero-order valence-electron chi connectivity index (χ0n) is 17.6. The van der Waals surface area contributed by atoms with Gasteiger partial charge in [0.2, 0.25) is 0 Å². The van der Waals surface area contributed by atoms with Gasteiger partial charge in [-0.15, -0.1) is 0 Å². The van der Waals surface area contributed by atoms with Crippen LogP contribution in [0.2, 0.25) is 0 Å². The lowest BCUT2D eigenvalue weighted by Gasteiger charge is -2.13. The molecular weight excluding hydrogens is 414 g/mol. The number of nitrogens with zero attached hydrogens (tertiary/aromatic N) is 1. The van der Waals surface area contributed by atoms with E-state index in [-0.39, 0.29) is 0 Å². The molecule has 0 radical (unpaired) electrons. The molecule has 0 fully saturated rings. The fraction of sp³-hybridized carbons (Fsp3) is 0.179. The van der Waals surface area contributed by atoms with Crippen molar-refractivity contribution in [1.29, 1.82) is 0 Å². The van der Waals surface area contributed by atoms with Crippen LogP contribution in [0.3, 0.4) is 0 Å². The molecule has 0 bridgehead atoms. The highest BCUT2D eigenvalue weighted by molar-refractivity contribution is 7.99. The van der Waals surface area contributed by atoms with E-state index in [4.69, 9.17) is 0 Å². The summed E-state index contributed by atoms with van der Waals surface area (Å²) in [5, 5.41) is 0. The van der Waals surface area contributed by atoms with Crippen molar-refractivity contribution in [3.8, 4) is 11.1 Å². The minimum Gasteiger partial charge on any atom is -0.201 e. The van der Waals surface area contributed by atoms with Crippen molar-refractivity contribution in [1.82, 2.24) is 0 Å².